The van der Waals surface area contributed by atoms with Crippen molar-refractivity contribution in [2.45, 2.75) is 13.8 Å². The van der Waals surface area contributed by atoms with Crippen LogP contribution in [0.3, 0.4) is 0 Å². The Morgan fingerprint density at radius 1 is 1.26 bits per heavy atom. The van der Waals surface area contributed by atoms with Crippen LogP contribution in [0.15, 0.2) is 24.3 Å². The van der Waals surface area contributed by atoms with Crippen LogP contribution < -0.4 is 10.6 Å². The lowest BCUT2D eigenvalue weighted by Crippen LogP contribution is -2.15. The normalized spacial score (nSPS) is 10.0. The fraction of sp³-hybridized carbons (Fsp3) is 0.214. The first-order chi connectivity index (χ1) is 9.02. The molecule has 5 nitrogen and oxygen atoms in total. The Morgan fingerprint density at radius 3 is 2.68 bits per heavy atom. The van der Waals surface area contributed by atoms with E-state index in [1.54, 1.807) is 13.0 Å². The molecule has 2 aromatic rings. The number of benzene rings is 1. The smallest absolute Gasteiger partial charge is 0.141 e. The molecule has 0 fully saturated rings. The first-order valence-electron chi connectivity index (χ1n) is 5.87. The highest BCUT2D eigenvalue weighted by Crippen LogP contribution is 2.27. The Balaban J connectivity index is 2.50. The van der Waals surface area contributed by atoms with Gasteiger partial charge in [-0.05, 0) is 32.0 Å². The van der Waals surface area contributed by atoms with Gasteiger partial charge < -0.3 is 10.6 Å². The highest BCUT2D eigenvalue weighted by molar-refractivity contribution is 5.66. The molecule has 5 heteroatoms. The van der Waals surface area contributed by atoms with Gasteiger partial charge in [-0.2, -0.15) is 5.26 Å². The van der Waals surface area contributed by atoms with Crippen molar-refractivity contribution in [3.63, 3.8) is 0 Å². The molecule has 0 saturated heterocycles. The summed E-state index contributed by atoms with van der Waals surface area (Å²) in [7, 11) is 1.89. The van der Waals surface area contributed by atoms with Crippen molar-refractivity contribution in [3.8, 4) is 6.07 Å². The molecule has 0 spiro atoms. The van der Waals surface area contributed by atoms with Crippen molar-refractivity contribution < 1.29 is 0 Å². The summed E-state index contributed by atoms with van der Waals surface area (Å²) in [4.78, 5) is 10.5. The van der Waals surface area contributed by atoms with Crippen molar-refractivity contribution in [1.29, 1.82) is 5.26 Å². The summed E-state index contributed by atoms with van der Waals surface area (Å²) in [5, 5.41) is 8.94. The molecule has 1 heterocycles. The Labute approximate surface area is 112 Å². The van der Waals surface area contributed by atoms with Crippen LogP contribution in [-0.2, 0) is 0 Å². The number of nitrogen functional groups attached to an aromatic ring is 1. The Morgan fingerprint density at radius 2 is 2.00 bits per heavy atom. The van der Waals surface area contributed by atoms with Crippen molar-refractivity contribution in [2.24, 2.45) is 0 Å². The number of aryl methyl sites for hydroxylation is 1. The van der Waals surface area contributed by atoms with Crippen LogP contribution in [0, 0.1) is 25.2 Å². The lowest BCUT2D eigenvalue weighted by Gasteiger charge is -2.21. The molecule has 0 radical (unpaired) electrons. The van der Waals surface area contributed by atoms with Crippen molar-refractivity contribution in [1.82, 2.24) is 9.97 Å². The van der Waals surface area contributed by atoms with E-state index in [2.05, 4.69) is 16.0 Å². The summed E-state index contributed by atoms with van der Waals surface area (Å²) in [6, 6.07) is 9.48. The second kappa shape index (κ2) is 4.94. The maximum atomic E-state index is 8.94. The van der Waals surface area contributed by atoms with Gasteiger partial charge in [-0.15, -0.1) is 0 Å². The minimum absolute atomic E-state index is 0.478. The molecule has 0 amide bonds. The maximum Gasteiger partial charge on any atom is 0.141 e. The maximum absolute atomic E-state index is 8.94. The average Bonchev–Trinajstić information content (AvgIpc) is 2.42. The van der Waals surface area contributed by atoms with E-state index in [1.165, 1.54) is 0 Å². The van der Waals surface area contributed by atoms with Crippen LogP contribution in [0.2, 0.25) is 0 Å². The van der Waals surface area contributed by atoms with Gasteiger partial charge in [0.1, 0.15) is 17.5 Å². The average molecular weight is 253 g/mol. The summed E-state index contributed by atoms with van der Waals surface area (Å²) in [6.45, 7) is 3.69. The molecule has 0 unspecified atom stereocenters. The van der Waals surface area contributed by atoms with E-state index in [4.69, 9.17) is 11.0 Å². The number of nitriles is 1. The van der Waals surface area contributed by atoms with E-state index in [0.29, 0.717) is 17.2 Å². The molecule has 0 saturated carbocycles. The van der Waals surface area contributed by atoms with Gasteiger partial charge in [0, 0.05) is 18.3 Å². The van der Waals surface area contributed by atoms with Gasteiger partial charge in [-0.25, -0.2) is 9.97 Å². The standard InChI is InChI=1S/C14H15N5/c1-9-13(16)17-10(2)18-14(9)19(3)12-6-4-5-11(7-12)8-15/h4-7H,1-3H3,(H2,16,17,18). The molecule has 0 aliphatic heterocycles. The zero-order valence-electron chi connectivity index (χ0n) is 11.2. The predicted molar refractivity (Wildman–Crippen MR) is 75.1 cm³/mol. The van der Waals surface area contributed by atoms with Gasteiger partial charge in [0.15, 0.2) is 0 Å². The number of rotatable bonds is 2. The van der Waals surface area contributed by atoms with Crippen molar-refractivity contribution in [2.75, 3.05) is 17.7 Å². The lowest BCUT2D eigenvalue weighted by molar-refractivity contribution is 0.999. The topological polar surface area (TPSA) is 78.8 Å². The summed E-state index contributed by atoms with van der Waals surface area (Å²) >= 11 is 0. The number of aromatic nitrogens is 2. The third-order valence-corrected chi connectivity index (χ3v) is 2.95. The quantitative estimate of drug-likeness (QED) is 0.888. The van der Waals surface area contributed by atoms with Crippen LogP contribution in [0.5, 0.6) is 0 Å². The Hall–Kier alpha value is -2.61. The van der Waals surface area contributed by atoms with Gasteiger partial charge in [-0.3, -0.25) is 0 Å². The Kier molecular flexibility index (Phi) is 3.34. The first-order valence-corrected chi connectivity index (χ1v) is 5.87. The van der Waals surface area contributed by atoms with Gasteiger partial charge in [-0.1, -0.05) is 6.07 Å². The zero-order chi connectivity index (χ0) is 14.0. The molecule has 0 bridgehead atoms. The van der Waals surface area contributed by atoms with E-state index < -0.39 is 0 Å². The van der Waals surface area contributed by atoms with Gasteiger partial charge in [0.05, 0.1) is 11.6 Å². The van der Waals surface area contributed by atoms with Gasteiger partial charge in [0.2, 0.25) is 0 Å². The number of anilines is 3. The second-order valence-corrected chi connectivity index (χ2v) is 4.33. The molecule has 0 atom stereocenters. The molecule has 19 heavy (non-hydrogen) atoms. The highest BCUT2D eigenvalue weighted by atomic mass is 15.2. The summed E-state index contributed by atoms with van der Waals surface area (Å²) in [5.74, 6) is 1.85. The molecule has 0 aliphatic rings. The van der Waals surface area contributed by atoms with Crippen LogP contribution in [0.25, 0.3) is 0 Å². The number of hydrogen-bond acceptors (Lipinski definition) is 5. The fourth-order valence-electron chi connectivity index (χ4n) is 1.87. The van der Waals surface area contributed by atoms with E-state index in [9.17, 15) is 0 Å². The third-order valence-electron chi connectivity index (χ3n) is 2.95. The van der Waals surface area contributed by atoms with Gasteiger partial charge >= 0.3 is 0 Å². The SMILES string of the molecule is Cc1nc(N)c(C)c(N(C)c2cccc(C#N)c2)n1. The first kappa shape index (κ1) is 12.8. The summed E-state index contributed by atoms with van der Waals surface area (Å²) in [6.07, 6.45) is 0. The lowest BCUT2D eigenvalue weighted by atomic mass is 10.2. The van der Waals surface area contributed by atoms with Crippen LogP contribution in [-0.4, -0.2) is 17.0 Å². The largest absolute Gasteiger partial charge is 0.383 e. The van der Waals surface area contributed by atoms with Crippen LogP contribution in [0.1, 0.15) is 17.0 Å². The predicted octanol–water partition coefficient (Wildman–Crippen LogP) is 2.32. The fourth-order valence-corrected chi connectivity index (χ4v) is 1.87. The summed E-state index contributed by atoms with van der Waals surface area (Å²) in [5.41, 5.74) is 8.19. The Bertz CT molecular complexity index is 657. The van der Waals surface area contributed by atoms with E-state index >= 15 is 0 Å². The molecule has 1 aromatic heterocycles. The molecular weight excluding hydrogens is 238 g/mol. The molecule has 2 N–H and O–H groups in total. The summed E-state index contributed by atoms with van der Waals surface area (Å²) < 4.78 is 0. The molecule has 96 valence electrons. The van der Waals surface area contributed by atoms with Crippen molar-refractivity contribution >= 4 is 17.3 Å². The molecular formula is C14H15N5. The van der Waals surface area contributed by atoms with Crippen LogP contribution in [0.4, 0.5) is 17.3 Å². The number of nitrogens with zero attached hydrogens (tertiary/aromatic N) is 4. The minimum atomic E-state index is 0.478. The highest BCUT2D eigenvalue weighted by Gasteiger charge is 2.12. The van der Waals surface area contributed by atoms with E-state index in [0.717, 1.165) is 17.1 Å². The van der Waals surface area contributed by atoms with E-state index in [-0.39, 0.29) is 0 Å². The number of nitrogens with two attached hydrogens (primary N) is 1. The minimum Gasteiger partial charge on any atom is -0.383 e. The number of hydrogen-bond donors (Lipinski definition) is 1. The molecule has 1 aromatic carbocycles. The van der Waals surface area contributed by atoms with Gasteiger partial charge in [0.25, 0.3) is 0 Å². The third kappa shape index (κ3) is 2.47. The monoisotopic (exact) mass is 253 g/mol. The van der Waals surface area contributed by atoms with Crippen molar-refractivity contribution in [3.05, 3.63) is 41.2 Å². The van der Waals surface area contributed by atoms with E-state index in [1.807, 2.05) is 37.1 Å². The molecule has 0 aliphatic carbocycles. The molecule has 2 rings (SSSR count). The van der Waals surface area contributed by atoms with Crippen LogP contribution >= 0.6 is 0 Å². The second-order valence-electron chi connectivity index (χ2n) is 4.33. The zero-order valence-corrected chi connectivity index (χ0v) is 11.2.